The Bertz CT molecular complexity index is 521. The van der Waals surface area contributed by atoms with Crippen molar-refractivity contribution in [2.75, 3.05) is 6.54 Å². The molecule has 1 aromatic carbocycles. The van der Waals surface area contributed by atoms with Gasteiger partial charge in [0.05, 0.1) is 0 Å². The largest absolute Gasteiger partial charge is 0.504 e. The normalized spacial score (nSPS) is 12.0. The number of amides is 1. The third-order valence-corrected chi connectivity index (χ3v) is 2.93. The Morgan fingerprint density at radius 1 is 1.18 bits per heavy atom. The molecule has 0 fully saturated rings. The van der Waals surface area contributed by atoms with E-state index in [-0.39, 0.29) is 11.5 Å². The molecule has 6 nitrogen and oxygen atoms in total. The predicted octanol–water partition coefficient (Wildman–Crippen LogP) is 2.49. The molecule has 0 aliphatic heterocycles. The minimum absolute atomic E-state index is 0.133. The van der Waals surface area contributed by atoms with Crippen LogP contribution in [0.25, 0.3) is 0 Å². The highest BCUT2D eigenvalue weighted by Gasteiger charge is 2.21. The topological polar surface area (TPSA) is 90.8 Å². The number of hydrogen-bond donors (Lipinski definition) is 4. The van der Waals surface area contributed by atoms with Crippen molar-refractivity contribution in [3.8, 4) is 11.5 Å². The molecule has 1 aromatic rings. The number of ether oxygens (including phenoxy) is 1. The molecule has 6 heteroatoms. The molecule has 124 valence electrons. The van der Waals surface area contributed by atoms with Crippen LogP contribution in [0.15, 0.2) is 18.2 Å². The lowest BCUT2D eigenvalue weighted by atomic mass is 10.0. The van der Waals surface area contributed by atoms with E-state index in [0.717, 1.165) is 0 Å². The van der Waals surface area contributed by atoms with Gasteiger partial charge in [-0.1, -0.05) is 12.1 Å². The van der Waals surface area contributed by atoms with Gasteiger partial charge in [-0.25, -0.2) is 4.79 Å². The molecule has 22 heavy (non-hydrogen) atoms. The van der Waals surface area contributed by atoms with Crippen LogP contribution in [0.3, 0.4) is 0 Å². The van der Waals surface area contributed by atoms with Crippen molar-refractivity contribution in [1.82, 2.24) is 10.6 Å². The Labute approximate surface area is 131 Å². The lowest BCUT2D eigenvalue weighted by Gasteiger charge is -2.28. The molecule has 0 saturated heterocycles. The number of phenolic OH excluding ortho intramolecular Hbond substituents is 2. The smallest absolute Gasteiger partial charge is 0.407 e. The Hall–Kier alpha value is -1.95. The Morgan fingerprint density at radius 2 is 1.82 bits per heavy atom. The molecule has 0 aromatic heterocycles. The number of benzene rings is 1. The van der Waals surface area contributed by atoms with Gasteiger partial charge in [-0.2, -0.15) is 0 Å². The highest BCUT2D eigenvalue weighted by atomic mass is 16.6. The highest BCUT2D eigenvalue weighted by molar-refractivity contribution is 5.67. The fourth-order valence-electron chi connectivity index (χ4n) is 1.72. The third kappa shape index (κ3) is 6.22. The zero-order chi connectivity index (χ0) is 17.0. The van der Waals surface area contributed by atoms with Gasteiger partial charge in [-0.15, -0.1) is 0 Å². The molecule has 4 N–H and O–H groups in total. The molecular weight excluding hydrogens is 284 g/mol. The van der Waals surface area contributed by atoms with Crippen LogP contribution in [0.1, 0.15) is 40.2 Å². The van der Waals surface area contributed by atoms with Crippen LogP contribution in [-0.4, -0.2) is 34.0 Å². The molecule has 0 radical (unpaired) electrons. The van der Waals surface area contributed by atoms with E-state index >= 15 is 0 Å². The first-order valence-electron chi connectivity index (χ1n) is 7.22. The fraction of sp³-hybridized carbons (Fsp3) is 0.562. The fourth-order valence-corrected chi connectivity index (χ4v) is 1.72. The van der Waals surface area contributed by atoms with Crippen molar-refractivity contribution < 1.29 is 19.7 Å². The Morgan fingerprint density at radius 3 is 2.41 bits per heavy atom. The zero-order valence-electron chi connectivity index (χ0n) is 13.9. The van der Waals surface area contributed by atoms with Crippen LogP contribution in [0.4, 0.5) is 4.79 Å². The maximum absolute atomic E-state index is 11.6. The number of carbonyl (C=O) groups excluding carboxylic acids is 1. The zero-order valence-corrected chi connectivity index (χ0v) is 13.9. The molecule has 0 bridgehead atoms. The monoisotopic (exact) mass is 310 g/mol. The van der Waals surface area contributed by atoms with Crippen molar-refractivity contribution in [3.63, 3.8) is 0 Å². The molecular formula is C16H26N2O4. The van der Waals surface area contributed by atoms with Gasteiger partial charge in [0.2, 0.25) is 0 Å². The first-order valence-corrected chi connectivity index (χ1v) is 7.22. The van der Waals surface area contributed by atoms with Gasteiger partial charge in [-0.05, 0) is 40.7 Å². The quantitative estimate of drug-likeness (QED) is 0.627. The summed E-state index contributed by atoms with van der Waals surface area (Å²) in [6.07, 6.45) is -0.470. The first kappa shape index (κ1) is 18.1. The Kier molecular flexibility index (Phi) is 5.65. The maximum atomic E-state index is 11.6. The van der Waals surface area contributed by atoms with Crippen molar-refractivity contribution >= 4 is 6.09 Å². The molecule has 1 rings (SSSR count). The number of hydrogen-bond acceptors (Lipinski definition) is 5. The van der Waals surface area contributed by atoms with E-state index in [0.29, 0.717) is 18.7 Å². The van der Waals surface area contributed by atoms with Gasteiger partial charge in [0.25, 0.3) is 0 Å². The first-order chi connectivity index (χ1) is 10.0. The molecule has 0 aliphatic carbocycles. The van der Waals surface area contributed by atoms with Crippen molar-refractivity contribution in [1.29, 1.82) is 0 Å². The third-order valence-electron chi connectivity index (χ3n) is 2.93. The predicted molar refractivity (Wildman–Crippen MR) is 84.9 cm³/mol. The van der Waals surface area contributed by atoms with E-state index in [9.17, 15) is 15.0 Å². The summed E-state index contributed by atoms with van der Waals surface area (Å²) in [6.45, 7) is 9.99. The average molecular weight is 310 g/mol. The summed E-state index contributed by atoms with van der Waals surface area (Å²) in [7, 11) is 0. The van der Waals surface area contributed by atoms with E-state index < -0.39 is 17.2 Å². The number of rotatable bonds is 5. The van der Waals surface area contributed by atoms with Crippen LogP contribution in [0, 0.1) is 0 Å². The molecule has 1 amide bonds. The summed E-state index contributed by atoms with van der Waals surface area (Å²) < 4.78 is 5.18. The van der Waals surface area contributed by atoms with E-state index in [1.807, 2.05) is 13.8 Å². The lowest BCUT2D eigenvalue weighted by molar-refractivity contribution is 0.0513. The van der Waals surface area contributed by atoms with E-state index in [2.05, 4.69) is 10.6 Å². The van der Waals surface area contributed by atoms with Gasteiger partial charge in [0, 0.05) is 24.2 Å². The van der Waals surface area contributed by atoms with Crippen LogP contribution >= 0.6 is 0 Å². The molecule has 0 spiro atoms. The van der Waals surface area contributed by atoms with Gasteiger partial charge >= 0.3 is 6.09 Å². The van der Waals surface area contributed by atoms with E-state index in [1.54, 1.807) is 32.9 Å². The number of phenols is 2. The lowest BCUT2D eigenvalue weighted by Crippen LogP contribution is -2.49. The summed E-state index contributed by atoms with van der Waals surface area (Å²) >= 11 is 0. The average Bonchev–Trinajstić information content (AvgIpc) is 2.36. The molecule has 0 saturated carbocycles. The van der Waals surface area contributed by atoms with Gasteiger partial charge < -0.3 is 25.6 Å². The minimum atomic E-state index is -0.533. The van der Waals surface area contributed by atoms with Gasteiger partial charge in [0.1, 0.15) is 5.60 Å². The summed E-state index contributed by atoms with van der Waals surface area (Å²) in [5, 5.41) is 25.1. The highest BCUT2D eigenvalue weighted by Crippen LogP contribution is 2.28. The van der Waals surface area contributed by atoms with Crippen molar-refractivity contribution in [3.05, 3.63) is 23.8 Å². The van der Waals surface area contributed by atoms with Crippen LogP contribution in [-0.2, 0) is 11.3 Å². The second-order valence-electron chi connectivity index (χ2n) is 6.88. The van der Waals surface area contributed by atoms with E-state index in [1.165, 1.54) is 6.07 Å². The number of carbonyl (C=O) groups is 1. The summed E-state index contributed by atoms with van der Waals surface area (Å²) in [4.78, 5) is 11.6. The minimum Gasteiger partial charge on any atom is -0.504 e. The molecule has 0 aliphatic rings. The second kappa shape index (κ2) is 6.87. The number of aromatic hydroxyl groups is 2. The van der Waals surface area contributed by atoms with Crippen LogP contribution in [0.2, 0.25) is 0 Å². The van der Waals surface area contributed by atoms with Crippen LogP contribution in [0.5, 0.6) is 11.5 Å². The SMILES string of the molecule is CC(C)(CNC(=O)OC(C)(C)C)NCc1cccc(O)c1O. The van der Waals surface area contributed by atoms with Crippen molar-refractivity contribution in [2.24, 2.45) is 0 Å². The number of nitrogens with one attached hydrogen (secondary N) is 2. The number of para-hydroxylation sites is 1. The van der Waals surface area contributed by atoms with Crippen LogP contribution < -0.4 is 10.6 Å². The maximum Gasteiger partial charge on any atom is 0.407 e. The van der Waals surface area contributed by atoms with E-state index in [4.69, 9.17) is 4.74 Å². The molecule has 0 atom stereocenters. The van der Waals surface area contributed by atoms with Gasteiger partial charge in [-0.3, -0.25) is 0 Å². The second-order valence-corrected chi connectivity index (χ2v) is 6.88. The standard InChI is InChI=1S/C16H26N2O4/c1-15(2,3)22-14(21)17-10-16(4,5)18-9-11-7-6-8-12(19)13(11)20/h6-8,18-20H,9-10H2,1-5H3,(H,17,21). The van der Waals surface area contributed by atoms with Gasteiger partial charge in [0.15, 0.2) is 11.5 Å². The van der Waals surface area contributed by atoms with Crippen molar-refractivity contribution in [2.45, 2.75) is 52.3 Å². The molecule has 0 unspecified atom stereocenters. The Balaban J connectivity index is 2.50. The summed E-state index contributed by atoms with van der Waals surface area (Å²) in [5.41, 5.74) is -0.352. The summed E-state index contributed by atoms with van der Waals surface area (Å²) in [5.74, 6) is -0.283. The number of alkyl carbamates (subject to hydrolysis) is 1. The summed E-state index contributed by atoms with van der Waals surface area (Å²) in [6, 6.07) is 4.81. The molecule has 0 heterocycles.